The minimum Gasteiger partial charge on any atom is -0.335 e. The molecule has 4 rings (SSSR count). The highest BCUT2D eigenvalue weighted by Gasteiger charge is 2.27. The summed E-state index contributed by atoms with van der Waals surface area (Å²) in [6.45, 7) is 0. The van der Waals surface area contributed by atoms with Crippen LogP contribution < -0.4 is 16.3 Å². The van der Waals surface area contributed by atoms with Crippen molar-refractivity contribution in [1.82, 2.24) is 20.9 Å². The molecule has 0 spiro atoms. The van der Waals surface area contributed by atoms with E-state index in [0.717, 1.165) is 6.21 Å². The number of hydrogen-bond acceptors (Lipinski definition) is 7. The highest BCUT2D eigenvalue weighted by atomic mass is 16.6. The predicted octanol–water partition coefficient (Wildman–Crippen LogP) is 2.45. The Kier molecular flexibility index (Phi) is 6.68. The number of amides is 2. The lowest BCUT2D eigenvalue weighted by Gasteiger charge is -2.18. The number of para-hydroxylation sites is 1. The number of H-pyrrole nitrogens is 1. The highest BCUT2D eigenvalue weighted by Crippen LogP contribution is 2.21. The first-order chi connectivity index (χ1) is 17.0. The Hall–Kier alpha value is -5.19. The van der Waals surface area contributed by atoms with Crippen LogP contribution in [-0.4, -0.2) is 33.1 Å². The van der Waals surface area contributed by atoms with Crippen molar-refractivity contribution >= 4 is 34.5 Å². The molecule has 1 atom stereocenters. The molecule has 0 fully saturated rings. The number of nitro benzene ring substituents is 1. The number of nitrogens with zero attached hydrogens (tertiary/aromatic N) is 3. The third-order valence-electron chi connectivity index (χ3n) is 5.08. The molecule has 0 aliphatic rings. The SMILES string of the molecule is O=C(NC(C(=O)N/N=C/c1ccccc1[N+](=O)[O-])c1n[nH]c(=O)c2ccccc12)c1ccccc1. The van der Waals surface area contributed by atoms with Crippen LogP contribution in [0.25, 0.3) is 10.8 Å². The van der Waals surface area contributed by atoms with E-state index in [1.165, 1.54) is 18.2 Å². The first-order valence-electron chi connectivity index (χ1n) is 10.4. The van der Waals surface area contributed by atoms with E-state index in [0.29, 0.717) is 10.9 Å². The molecule has 0 saturated heterocycles. The summed E-state index contributed by atoms with van der Waals surface area (Å²) in [6, 6.07) is 19.3. The van der Waals surface area contributed by atoms with Crippen molar-refractivity contribution in [2.45, 2.75) is 6.04 Å². The van der Waals surface area contributed by atoms with Gasteiger partial charge in [0.05, 0.1) is 22.1 Å². The molecule has 0 aliphatic carbocycles. The van der Waals surface area contributed by atoms with E-state index in [9.17, 15) is 24.5 Å². The van der Waals surface area contributed by atoms with Crippen LogP contribution in [-0.2, 0) is 4.79 Å². The lowest BCUT2D eigenvalue weighted by Crippen LogP contribution is -2.40. The molecule has 35 heavy (non-hydrogen) atoms. The van der Waals surface area contributed by atoms with Gasteiger partial charge in [0.25, 0.3) is 23.1 Å². The number of benzene rings is 3. The van der Waals surface area contributed by atoms with Gasteiger partial charge < -0.3 is 5.32 Å². The zero-order valence-electron chi connectivity index (χ0n) is 18.0. The normalized spacial score (nSPS) is 11.8. The van der Waals surface area contributed by atoms with Crippen molar-refractivity contribution in [2.75, 3.05) is 0 Å². The average molecular weight is 470 g/mol. The van der Waals surface area contributed by atoms with Gasteiger partial charge in [-0.05, 0) is 24.3 Å². The molecule has 4 aromatic rings. The van der Waals surface area contributed by atoms with Crippen molar-refractivity contribution in [3.05, 3.63) is 116 Å². The summed E-state index contributed by atoms with van der Waals surface area (Å²) in [5.74, 6) is -1.32. The Morgan fingerprint density at radius 3 is 2.37 bits per heavy atom. The minimum absolute atomic E-state index is 0.0999. The number of nitro groups is 1. The number of aromatic amines is 1. The molecule has 174 valence electrons. The van der Waals surface area contributed by atoms with Crippen LogP contribution >= 0.6 is 0 Å². The van der Waals surface area contributed by atoms with Crippen molar-refractivity contribution in [3.63, 3.8) is 0 Å². The van der Waals surface area contributed by atoms with Gasteiger partial charge in [0.15, 0.2) is 6.04 Å². The molecule has 0 saturated carbocycles. The number of fused-ring (bicyclic) bond motifs is 1. The van der Waals surface area contributed by atoms with Gasteiger partial charge in [0.2, 0.25) is 0 Å². The molecule has 11 nitrogen and oxygen atoms in total. The van der Waals surface area contributed by atoms with Crippen LogP contribution in [0.1, 0.15) is 27.7 Å². The third kappa shape index (κ3) is 5.09. The lowest BCUT2D eigenvalue weighted by molar-refractivity contribution is -0.385. The molecule has 0 bridgehead atoms. The quantitative estimate of drug-likeness (QED) is 0.214. The van der Waals surface area contributed by atoms with Crippen LogP contribution in [0.15, 0.2) is 88.8 Å². The molecule has 3 N–H and O–H groups in total. The Labute approximate surface area is 197 Å². The Morgan fingerprint density at radius 1 is 0.971 bits per heavy atom. The van der Waals surface area contributed by atoms with E-state index in [1.54, 1.807) is 60.7 Å². The summed E-state index contributed by atoms with van der Waals surface area (Å²) in [5, 5.41) is 24.7. The molecule has 3 aromatic carbocycles. The van der Waals surface area contributed by atoms with Gasteiger partial charge in [-0.1, -0.05) is 48.5 Å². The maximum atomic E-state index is 13.1. The topological polar surface area (TPSA) is 159 Å². The fourth-order valence-electron chi connectivity index (χ4n) is 3.41. The van der Waals surface area contributed by atoms with Crippen molar-refractivity contribution in [3.8, 4) is 0 Å². The predicted molar refractivity (Wildman–Crippen MR) is 128 cm³/mol. The zero-order chi connectivity index (χ0) is 24.8. The summed E-state index contributed by atoms with van der Waals surface area (Å²) in [6.07, 6.45) is 1.13. The number of carbonyl (C=O) groups excluding carboxylic acids is 2. The summed E-state index contributed by atoms with van der Waals surface area (Å²) in [4.78, 5) is 48.8. The van der Waals surface area contributed by atoms with Crippen LogP contribution in [0.4, 0.5) is 5.69 Å². The number of hydrogen-bond donors (Lipinski definition) is 3. The second kappa shape index (κ2) is 10.2. The Balaban J connectivity index is 1.68. The fraction of sp³-hybridized carbons (Fsp3) is 0.0417. The standard InChI is InChI=1S/C24H18N6O5/c31-22(15-8-2-1-3-9-15)26-21(20-17-11-5-6-12-18(17)23(32)29-27-20)24(33)28-25-14-16-10-4-7-13-19(16)30(34)35/h1-14,21H,(H,26,31)(H,28,33)(H,29,32)/b25-14+. The van der Waals surface area contributed by atoms with E-state index in [2.05, 4.69) is 26.0 Å². The van der Waals surface area contributed by atoms with Crippen molar-refractivity contribution in [2.24, 2.45) is 5.10 Å². The first-order valence-corrected chi connectivity index (χ1v) is 10.4. The molecule has 1 aromatic heterocycles. The van der Waals surface area contributed by atoms with Gasteiger partial charge in [-0.2, -0.15) is 10.2 Å². The summed E-state index contributed by atoms with van der Waals surface area (Å²) >= 11 is 0. The summed E-state index contributed by atoms with van der Waals surface area (Å²) in [5.41, 5.74) is 2.24. The molecule has 2 amide bonds. The molecule has 1 heterocycles. The first kappa shape index (κ1) is 23.0. The monoisotopic (exact) mass is 470 g/mol. The van der Waals surface area contributed by atoms with E-state index >= 15 is 0 Å². The number of nitrogens with one attached hydrogen (secondary N) is 3. The minimum atomic E-state index is -1.34. The molecular formula is C24H18N6O5. The number of rotatable bonds is 7. The van der Waals surface area contributed by atoms with Crippen molar-refractivity contribution in [1.29, 1.82) is 0 Å². The van der Waals surface area contributed by atoms with Gasteiger partial charge in [-0.15, -0.1) is 0 Å². The summed E-state index contributed by atoms with van der Waals surface area (Å²) < 4.78 is 0. The Morgan fingerprint density at radius 2 is 1.63 bits per heavy atom. The second-order valence-corrected chi connectivity index (χ2v) is 7.31. The average Bonchev–Trinajstić information content (AvgIpc) is 2.88. The van der Waals surface area contributed by atoms with Crippen LogP contribution in [0.2, 0.25) is 0 Å². The van der Waals surface area contributed by atoms with E-state index in [-0.39, 0.29) is 22.3 Å². The highest BCUT2D eigenvalue weighted by molar-refractivity contribution is 5.99. The van der Waals surface area contributed by atoms with Gasteiger partial charge in [0, 0.05) is 17.0 Å². The molecule has 0 aliphatic heterocycles. The fourth-order valence-corrected chi connectivity index (χ4v) is 3.41. The van der Waals surface area contributed by atoms with E-state index in [4.69, 9.17) is 0 Å². The third-order valence-corrected chi connectivity index (χ3v) is 5.08. The van der Waals surface area contributed by atoms with Gasteiger partial charge in [0.1, 0.15) is 5.69 Å². The maximum Gasteiger partial charge on any atom is 0.278 e. The van der Waals surface area contributed by atoms with Crippen LogP contribution in [0.5, 0.6) is 0 Å². The molecule has 0 radical (unpaired) electrons. The second-order valence-electron chi connectivity index (χ2n) is 7.31. The van der Waals surface area contributed by atoms with E-state index < -0.39 is 28.3 Å². The molecule has 1 unspecified atom stereocenters. The molecular weight excluding hydrogens is 452 g/mol. The number of aromatic nitrogens is 2. The van der Waals surface area contributed by atoms with E-state index in [1.807, 2.05) is 0 Å². The lowest BCUT2D eigenvalue weighted by atomic mass is 10.0. The van der Waals surface area contributed by atoms with Gasteiger partial charge in [-0.3, -0.25) is 24.5 Å². The molecule has 11 heteroatoms. The van der Waals surface area contributed by atoms with Gasteiger partial charge >= 0.3 is 0 Å². The largest absolute Gasteiger partial charge is 0.335 e. The number of carbonyl (C=O) groups is 2. The van der Waals surface area contributed by atoms with Crippen molar-refractivity contribution < 1.29 is 14.5 Å². The van der Waals surface area contributed by atoms with Crippen LogP contribution in [0, 0.1) is 10.1 Å². The van der Waals surface area contributed by atoms with Crippen LogP contribution in [0.3, 0.4) is 0 Å². The Bertz CT molecular complexity index is 1500. The smallest absolute Gasteiger partial charge is 0.278 e. The summed E-state index contributed by atoms with van der Waals surface area (Å²) in [7, 11) is 0. The number of hydrazone groups is 1. The van der Waals surface area contributed by atoms with Gasteiger partial charge in [-0.25, -0.2) is 10.5 Å². The maximum absolute atomic E-state index is 13.1. The zero-order valence-corrected chi connectivity index (χ0v) is 18.0.